The van der Waals surface area contributed by atoms with Crippen molar-refractivity contribution in [1.29, 1.82) is 0 Å². The molecule has 2 rings (SSSR count). The Hall–Kier alpha value is -0.870. The van der Waals surface area contributed by atoms with Crippen molar-refractivity contribution >= 4 is 6.09 Å². The summed E-state index contributed by atoms with van der Waals surface area (Å²) in [7, 11) is 0. The first-order valence-corrected chi connectivity index (χ1v) is 4.90. The number of carbonyl (C=O) groups is 1. The van der Waals surface area contributed by atoms with E-state index in [0.717, 1.165) is 30.6 Å². The highest BCUT2D eigenvalue weighted by atomic mass is 19.3. The third kappa shape index (κ3) is 1.96. The Morgan fingerprint density at radius 3 is 2.36 bits per heavy atom. The van der Waals surface area contributed by atoms with Crippen LogP contribution in [0.1, 0.15) is 25.7 Å². The fourth-order valence-electron chi connectivity index (χ4n) is 1.86. The Balaban J connectivity index is 1.74. The molecule has 1 aliphatic heterocycles. The molecule has 0 spiro atoms. The van der Waals surface area contributed by atoms with Gasteiger partial charge in [-0.05, 0) is 25.7 Å². The van der Waals surface area contributed by atoms with Gasteiger partial charge in [0.1, 0.15) is 6.10 Å². The highest BCUT2D eigenvalue weighted by molar-refractivity contribution is 5.69. The van der Waals surface area contributed by atoms with E-state index in [0.29, 0.717) is 0 Å². The number of carbonyl (C=O) groups excluding carboxylic acids is 1. The summed E-state index contributed by atoms with van der Waals surface area (Å²) in [5, 5.41) is 0. The summed E-state index contributed by atoms with van der Waals surface area (Å²) in [5.41, 5.74) is 0. The number of likely N-dealkylation sites (tertiary alicyclic amines) is 1. The molecule has 1 saturated carbocycles. The predicted molar refractivity (Wildman–Crippen MR) is 45.3 cm³/mol. The largest absolute Gasteiger partial charge is 0.446 e. The van der Waals surface area contributed by atoms with Gasteiger partial charge in [-0.2, -0.15) is 0 Å². The first kappa shape index (κ1) is 9.68. The van der Waals surface area contributed by atoms with Crippen molar-refractivity contribution in [2.24, 2.45) is 0 Å². The maximum atomic E-state index is 12.4. The highest BCUT2D eigenvalue weighted by Crippen LogP contribution is 2.28. The van der Waals surface area contributed by atoms with E-state index in [-0.39, 0.29) is 6.10 Å². The number of hydrogen-bond donors (Lipinski definition) is 0. The van der Waals surface area contributed by atoms with E-state index >= 15 is 0 Å². The summed E-state index contributed by atoms with van der Waals surface area (Å²) >= 11 is 0. The molecule has 2 fully saturated rings. The molecule has 5 heteroatoms. The number of halogens is 2. The molecular weight excluding hydrogens is 192 g/mol. The van der Waals surface area contributed by atoms with Gasteiger partial charge >= 0.3 is 6.09 Å². The minimum absolute atomic E-state index is 0.0447. The minimum atomic E-state index is -2.70. The van der Waals surface area contributed by atoms with Crippen LogP contribution in [0.4, 0.5) is 13.6 Å². The molecular formula is C9H13F2NO2. The van der Waals surface area contributed by atoms with Crippen LogP contribution in [0.15, 0.2) is 0 Å². The van der Waals surface area contributed by atoms with E-state index in [1.807, 2.05) is 0 Å². The zero-order valence-corrected chi connectivity index (χ0v) is 7.84. The second kappa shape index (κ2) is 3.37. The molecule has 1 amide bonds. The lowest BCUT2D eigenvalue weighted by molar-refractivity contribution is -0.122. The molecule has 3 nitrogen and oxygen atoms in total. The van der Waals surface area contributed by atoms with E-state index in [2.05, 4.69) is 0 Å². The van der Waals surface area contributed by atoms with Crippen LogP contribution in [0.2, 0.25) is 0 Å². The quantitative estimate of drug-likeness (QED) is 0.655. The molecule has 1 saturated heterocycles. The van der Waals surface area contributed by atoms with Crippen molar-refractivity contribution in [3.05, 3.63) is 0 Å². The number of ether oxygens (including phenoxy) is 1. The Morgan fingerprint density at radius 2 is 1.86 bits per heavy atom. The molecule has 0 atom stereocenters. The van der Waals surface area contributed by atoms with Crippen LogP contribution < -0.4 is 0 Å². The van der Waals surface area contributed by atoms with Crippen LogP contribution in [-0.2, 0) is 4.74 Å². The van der Waals surface area contributed by atoms with Gasteiger partial charge in [0.05, 0.1) is 13.1 Å². The topological polar surface area (TPSA) is 29.5 Å². The van der Waals surface area contributed by atoms with Crippen molar-refractivity contribution in [2.45, 2.75) is 37.7 Å². The summed E-state index contributed by atoms with van der Waals surface area (Å²) < 4.78 is 29.9. The van der Waals surface area contributed by atoms with Crippen molar-refractivity contribution < 1.29 is 18.3 Å². The van der Waals surface area contributed by atoms with Crippen LogP contribution in [0.5, 0.6) is 0 Å². The first-order chi connectivity index (χ1) is 6.57. The summed E-state index contributed by atoms with van der Waals surface area (Å²) in [5.74, 6) is -2.70. The van der Waals surface area contributed by atoms with Crippen molar-refractivity contribution in [1.82, 2.24) is 4.90 Å². The van der Waals surface area contributed by atoms with Gasteiger partial charge in [-0.25, -0.2) is 13.6 Å². The van der Waals surface area contributed by atoms with Crippen LogP contribution in [0.3, 0.4) is 0 Å². The van der Waals surface area contributed by atoms with E-state index < -0.39 is 25.1 Å². The Morgan fingerprint density at radius 1 is 1.29 bits per heavy atom. The molecule has 2 aliphatic rings. The minimum Gasteiger partial charge on any atom is -0.446 e. The lowest BCUT2D eigenvalue weighted by Gasteiger charge is -2.38. The molecule has 0 radical (unpaired) electrons. The second-order valence-electron chi connectivity index (χ2n) is 4.00. The van der Waals surface area contributed by atoms with Crippen LogP contribution >= 0.6 is 0 Å². The number of nitrogens with zero attached hydrogens (tertiary/aromatic N) is 1. The van der Waals surface area contributed by atoms with Crippen LogP contribution in [-0.4, -0.2) is 36.1 Å². The van der Waals surface area contributed by atoms with E-state index in [1.54, 1.807) is 0 Å². The summed E-state index contributed by atoms with van der Waals surface area (Å²) in [6, 6.07) is 0. The van der Waals surface area contributed by atoms with Gasteiger partial charge < -0.3 is 4.74 Å². The molecule has 0 aromatic carbocycles. The SMILES string of the molecule is O=C(OC1CCCC1)N1CC(F)(F)C1. The van der Waals surface area contributed by atoms with Gasteiger partial charge in [-0.1, -0.05) is 0 Å². The molecule has 0 aromatic heterocycles. The van der Waals surface area contributed by atoms with Gasteiger partial charge in [0.2, 0.25) is 0 Å². The standard InChI is InChI=1S/C9H13F2NO2/c10-9(11)5-12(6-9)8(13)14-7-3-1-2-4-7/h7H,1-6H2. The van der Waals surface area contributed by atoms with Gasteiger partial charge in [0.15, 0.2) is 0 Å². The normalized spacial score (nSPS) is 26.0. The molecule has 0 aromatic rings. The molecule has 0 N–H and O–H groups in total. The number of amides is 1. The van der Waals surface area contributed by atoms with Crippen molar-refractivity contribution in [3.63, 3.8) is 0 Å². The van der Waals surface area contributed by atoms with E-state index in [1.165, 1.54) is 0 Å². The lowest BCUT2D eigenvalue weighted by Crippen LogP contribution is -2.58. The smallest absolute Gasteiger partial charge is 0.410 e. The zero-order chi connectivity index (χ0) is 10.2. The number of alkyl halides is 2. The summed E-state index contributed by atoms with van der Waals surface area (Å²) in [4.78, 5) is 12.3. The maximum Gasteiger partial charge on any atom is 0.410 e. The maximum absolute atomic E-state index is 12.4. The molecule has 0 bridgehead atoms. The number of hydrogen-bond acceptors (Lipinski definition) is 2. The average molecular weight is 205 g/mol. The van der Waals surface area contributed by atoms with Crippen LogP contribution in [0, 0.1) is 0 Å². The predicted octanol–water partition coefficient (Wildman–Crippen LogP) is 2.02. The van der Waals surface area contributed by atoms with Crippen molar-refractivity contribution in [2.75, 3.05) is 13.1 Å². The average Bonchev–Trinajstić information content (AvgIpc) is 2.52. The molecule has 1 aliphatic carbocycles. The lowest BCUT2D eigenvalue weighted by atomic mass is 10.2. The molecule has 1 heterocycles. The third-order valence-electron chi connectivity index (χ3n) is 2.67. The summed E-state index contributed by atoms with van der Waals surface area (Å²) in [6.07, 6.45) is 3.24. The third-order valence-corrected chi connectivity index (χ3v) is 2.67. The number of rotatable bonds is 1. The van der Waals surface area contributed by atoms with E-state index in [4.69, 9.17) is 4.74 Å². The second-order valence-corrected chi connectivity index (χ2v) is 4.00. The van der Waals surface area contributed by atoms with E-state index in [9.17, 15) is 13.6 Å². The van der Waals surface area contributed by atoms with Crippen molar-refractivity contribution in [3.8, 4) is 0 Å². The highest BCUT2D eigenvalue weighted by Gasteiger charge is 2.47. The summed E-state index contributed by atoms with van der Waals surface area (Å²) in [6.45, 7) is -0.975. The zero-order valence-electron chi connectivity index (χ0n) is 7.84. The Kier molecular flexibility index (Phi) is 2.33. The first-order valence-electron chi connectivity index (χ1n) is 4.90. The van der Waals surface area contributed by atoms with Gasteiger partial charge in [-0.15, -0.1) is 0 Å². The van der Waals surface area contributed by atoms with Gasteiger partial charge in [0, 0.05) is 0 Å². The van der Waals surface area contributed by atoms with Crippen LogP contribution in [0.25, 0.3) is 0 Å². The van der Waals surface area contributed by atoms with Gasteiger partial charge in [-0.3, -0.25) is 4.90 Å². The van der Waals surface area contributed by atoms with Gasteiger partial charge in [0.25, 0.3) is 5.92 Å². The molecule has 80 valence electrons. The monoisotopic (exact) mass is 205 g/mol. The Bertz CT molecular complexity index is 231. The Labute approximate surface area is 81.0 Å². The fourth-order valence-corrected chi connectivity index (χ4v) is 1.86. The molecule has 14 heavy (non-hydrogen) atoms. The molecule has 0 unspecified atom stereocenters. The fraction of sp³-hybridized carbons (Fsp3) is 0.889.